The van der Waals surface area contributed by atoms with Gasteiger partial charge in [0.15, 0.2) is 6.29 Å². The van der Waals surface area contributed by atoms with Gasteiger partial charge in [-0.05, 0) is 11.1 Å². The van der Waals surface area contributed by atoms with Gasteiger partial charge in [-0.3, -0.25) is 0 Å². The van der Waals surface area contributed by atoms with Crippen LogP contribution in [0.2, 0.25) is 0 Å². The Kier molecular flexibility index (Phi) is 5.65. The lowest BCUT2D eigenvalue weighted by atomic mass is 9.99. The molecule has 0 saturated carbocycles. The van der Waals surface area contributed by atoms with Crippen molar-refractivity contribution in [2.75, 3.05) is 6.61 Å². The van der Waals surface area contributed by atoms with Crippen LogP contribution in [0.5, 0.6) is 0 Å². The van der Waals surface area contributed by atoms with E-state index in [1.807, 2.05) is 0 Å². The Hall–Kier alpha value is -1.06. The lowest BCUT2D eigenvalue weighted by Crippen LogP contribution is -2.59. The van der Waals surface area contributed by atoms with Crippen LogP contribution >= 0.6 is 0 Å². The van der Waals surface area contributed by atoms with Crippen LogP contribution in [0.25, 0.3) is 0 Å². The van der Waals surface area contributed by atoms with Crippen molar-refractivity contribution in [3.05, 3.63) is 35.4 Å². The van der Waals surface area contributed by atoms with E-state index in [2.05, 4.69) is 0 Å². The Labute approximate surface area is 122 Å². The zero-order valence-electron chi connectivity index (χ0n) is 11.4. The molecule has 0 aliphatic carbocycles. The van der Waals surface area contributed by atoms with Crippen LogP contribution in [0, 0.1) is 0 Å². The average molecular weight is 300 g/mol. The largest absolute Gasteiger partial charge is 0.394 e. The summed E-state index contributed by atoms with van der Waals surface area (Å²) < 4.78 is 10.6. The molecule has 1 aromatic carbocycles. The summed E-state index contributed by atoms with van der Waals surface area (Å²) in [5.74, 6) is 0. The van der Waals surface area contributed by atoms with Gasteiger partial charge in [0.25, 0.3) is 0 Å². The number of aliphatic hydroxyl groups is 5. The predicted octanol–water partition coefficient (Wildman–Crippen LogP) is -1.50. The minimum atomic E-state index is -1.46. The van der Waals surface area contributed by atoms with Gasteiger partial charge >= 0.3 is 0 Å². The molecule has 1 aromatic rings. The van der Waals surface area contributed by atoms with Crippen LogP contribution in [0.4, 0.5) is 0 Å². The maximum Gasteiger partial charge on any atom is 0.187 e. The topological polar surface area (TPSA) is 120 Å². The molecule has 118 valence electrons. The molecule has 1 heterocycles. The third-order valence-corrected chi connectivity index (χ3v) is 3.54. The molecule has 1 aliphatic rings. The van der Waals surface area contributed by atoms with Crippen molar-refractivity contribution in [2.45, 2.75) is 43.9 Å². The molecule has 0 aromatic heterocycles. The fourth-order valence-electron chi connectivity index (χ4n) is 2.23. The standard InChI is InChI=1S/C14H20O7/c15-5-8-3-1-2-4-9(8)7-20-14-13(19)12(18)11(17)10(6-16)21-14/h1-4,10-19H,5-7H2/t10-,11-,12+,13-,14-/m1/s1. The summed E-state index contributed by atoms with van der Waals surface area (Å²) in [5.41, 5.74) is 1.40. The Balaban J connectivity index is 2.01. The van der Waals surface area contributed by atoms with Gasteiger partial charge in [0, 0.05) is 0 Å². The molecule has 1 saturated heterocycles. The van der Waals surface area contributed by atoms with Crippen LogP contribution in [-0.2, 0) is 22.7 Å². The van der Waals surface area contributed by atoms with Gasteiger partial charge in [0.2, 0.25) is 0 Å². The first kappa shape index (κ1) is 16.3. The molecule has 7 nitrogen and oxygen atoms in total. The lowest BCUT2D eigenvalue weighted by Gasteiger charge is -2.39. The van der Waals surface area contributed by atoms with Gasteiger partial charge in [0.1, 0.15) is 24.4 Å². The summed E-state index contributed by atoms with van der Waals surface area (Å²) in [4.78, 5) is 0. The highest BCUT2D eigenvalue weighted by Gasteiger charge is 2.43. The monoisotopic (exact) mass is 300 g/mol. The van der Waals surface area contributed by atoms with E-state index in [0.29, 0.717) is 5.56 Å². The van der Waals surface area contributed by atoms with E-state index < -0.39 is 37.3 Å². The van der Waals surface area contributed by atoms with E-state index in [1.165, 1.54) is 0 Å². The molecular weight excluding hydrogens is 280 g/mol. The molecule has 5 N–H and O–H groups in total. The highest BCUT2D eigenvalue weighted by Crippen LogP contribution is 2.23. The molecule has 1 aliphatic heterocycles. The second-order valence-electron chi connectivity index (χ2n) is 4.94. The van der Waals surface area contributed by atoms with Gasteiger partial charge in [0.05, 0.1) is 19.8 Å². The molecule has 0 unspecified atom stereocenters. The van der Waals surface area contributed by atoms with Crippen molar-refractivity contribution >= 4 is 0 Å². The second kappa shape index (κ2) is 7.28. The van der Waals surface area contributed by atoms with E-state index in [0.717, 1.165) is 5.56 Å². The molecule has 7 heteroatoms. The molecular formula is C14H20O7. The Morgan fingerprint density at radius 2 is 1.62 bits per heavy atom. The molecule has 0 bridgehead atoms. The van der Waals surface area contributed by atoms with Gasteiger partial charge in [-0.2, -0.15) is 0 Å². The van der Waals surface area contributed by atoms with Crippen LogP contribution in [-0.4, -0.2) is 62.8 Å². The lowest BCUT2D eigenvalue weighted by molar-refractivity contribution is -0.304. The van der Waals surface area contributed by atoms with Gasteiger partial charge in [-0.15, -0.1) is 0 Å². The smallest absolute Gasteiger partial charge is 0.187 e. The third-order valence-electron chi connectivity index (χ3n) is 3.54. The second-order valence-corrected chi connectivity index (χ2v) is 4.94. The van der Waals surface area contributed by atoms with Crippen molar-refractivity contribution in [1.82, 2.24) is 0 Å². The minimum absolute atomic E-state index is 0.0550. The van der Waals surface area contributed by atoms with Crippen LogP contribution in [0.1, 0.15) is 11.1 Å². The number of benzene rings is 1. The van der Waals surface area contributed by atoms with Crippen molar-refractivity contribution in [1.29, 1.82) is 0 Å². The Morgan fingerprint density at radius 3 is 2.24 bits per heavy atom. The number of hydrogen-bond acceptors (Lipinski definition) is 7. The highest BCUT2D eigenvalue weighted by molar-refractivity contribution is 5.25. The van der Waals surface area contributed by atoms with E-state index in [-0.39, 0.29) is 13.2 Å². The number of aliphatic hydroxyl groups excluding tert-OH is 5. The fraction of sp³-hybridized carbons (Fsp3) is 0.571. The summed E-state index contributed by atoms with van der Waals surface area (Å²) in [6.07, 6.45) is -6.47. The molecule has 21 heavy (non-hydrogen) atoms. The summed E-state index contributed by atoms with van der Waals surface area (Å²) in [7, 11) is 0. The van der Waals surface area contributed by atoms with Crippen LogP contribution in [0.3, 0.4) is 0 Å². The SMILES string of the molecule is OCc1ccccc1CO[C@@H]1O[C@H](CO)[C@@H](O)[C@H](O)[C@H]1O. The van der Waals surface area contributed by atoms with Crippen LogP contribution < -0.4 is 0 Å². The third kappa shape index (κ3) is 3.58. The first-order valence-corrected chi connectivity index (χ1v) is 6.68. The van der Waals surface area contributed by atoms with Gasteiger partial charge < -0.3 is 35.0 Å². The summed E-state index contributed by atoms with van der Waals surface area (Å²) in [6, 6.07) is 7.07. The molecule has 0 spiro atoms. The molecule has 2 rings (SSSR count). The van der Waals surface area contributed by atoms with E-state index in [9.17, 15) is 20.4 Å². The Morgan fingerprint density at radius 1 is 0.952 bits per heavy atom. The molecule has 5 atom stereocenters. The van der Waals surface area contributed by atoms with E-state index >= 15 is 0 Å². The quantitative estimate of drug-likeness (QED) is 0.449. The van der Waals surface area contributed by atoms with E-state index in [4.69, 9.17) is 14.6 Å². The number of hydrogen-bond donors (Lipinski definition) is 5. The summed E-state index contributed by atoms with van der Waals surface area (Å²) in [6.45, 7) is -0.592. The zero-order chi connectivity index (χ0) is 15.4. The molecule has 1 fully saturated rings. The van der Waals surface area contributed by atoms with Crippen molar-refractivity contribution in [3.63, 3.8) is 0 Å². The van der Waals surface area contributed by atoms with Gasteiger partial charge in [-0.1, -0.05) is 24.3 Å². The first-order valence-electron chi connectivity index (χ1n) is 6.68. The molecule has 0 amide bonds. The summed E-state index contributed by atoms with van der Waals surface area (Å²) >= 11 is 0. The van der Waals surface area contributed by atoms with Crippen LogP contribution in [0.15, 0.2) is 24.3 Å². The van der Waals surface area contributed by atoms with E-state index in [1.54, 1.807) is 24.3 Å². The predicted molar refractivity (Wildman–Crippen MR) is 70.9 cm³/mol. The van der Waals surface area contributed by atoms with Gasteiger partial charge in [-0.25, -0.2) is 0 Å². The molecule has 0 radical (unpaired) electrons. The van der Waals surface area contributed by atoms with Crippen molar-refractivity contribution in [3.8, 4) is 0 Å². The Bertz CT molecular complexity index is 451. The highest BCUT2D eigenvalue weighted by atomic mass is 16.7. The minimum Gasteiger partial charge on any atom is -0.394 e. The van der Waals surface area contributed by atoms with Crippen molar-refractivity contribution in [2.24, 2.45) is 0 Å². The maximum absolute atomic E-state index is 9.83. The average Bonchev–Trinajstić information content (AvgIpc) is 2.52. The zero-order valence-corrected chi connectivity index (χ0v) is 11.4. The first-order chi connectivity index (χ1) is 10.1. The normalized spacial score (nSPS) is 33.1. The number of rotatable bonds is 5. The number of ether oxygens (including phenoxy) is 2. The fourth-order valence-corrected chi connectivity index (χ4v) is 2.23. The van der Waals surface area contributed by atoms with Crippen molar-refractivity contribution < 1.29 is 35.0 Å². The summed E-state index contributed by atoms with van der Waals surface area (Å²) in [5, 5.41) is 47.5. The maximum atomic E-state index is 9.83.